The van der Waals surface area contributed by atoms with Crippen LogP contribution in [0, 0.1) is 18.5 Å². The predicted octanol–water partition coefficient (Wildman–Crippen LogP) is 9.95. The van der Waals surface area contributed by atoms with E-state index < -0.39 is 0 Å². The third kappa shape index (κ3) is 5.89. The number of ether oxygens (including phenoxy) is 1. The molecule has 0 amide bonds. The molecule has 52 heavy (non-hydrogen) atoms. The number of fused-ring (bicyclic) bond motifs is 4. The van der Waals surface area contributed by atoms with Crippen LogP contribution >= 0.6 is 0 Å². The van der Waals surface area contributed by atoms with Gasteiger partial charge in [-0.1, -0.05) is 111 Å². The molecule has 0 atom stereocenters. The number of benzene rings is 5. The number of nitrogens with zero attached hydrogens (tertiary/aromatic N) is 5. The van der Waals surface area contributed by atoms with Crippen molar-refractivity contribution in [2.45, 2.75) is 26.2 Å². The number of imidazole rings is 1. The van der Waals surface area contributed by atoms with Gasteiger partial charge in [-0.15, -0.1) is 34.6 Å². The summed E-state index contributed by atoms with van der Waals surface area (Å²) in [5, 5.41) is 2.22. The molecule has 0 N–H and O–H groups in total. The second-order valence-electron chi connectivity index (χ2n) is 13.6. The van der Waals surface area contributed by atoms with Gasteiger partial charge in [0, 0.05) is 60.9 Å². The largest absolute Gasteiger partial charge is 0.510 e. The topological polar surface area (TPSA) is 48.8 Å². The molecular formula is C45H33N5OPt-2. The third-order valence-electron chi connectivity index (χ3n) is 9.26. The second-order valence-corrected chi connectivity index (χ2v) is 13.6. The number of rotatable bonds is 6. The van der Waals surface area contributed by atoms with Crippen molar-refractivity contribution in [1.29, 1.82) is 0 Å². The summed E-state index contributed by atoms with van der Waals surface area (Å²) >= 11 is 0. The Bertz CT molecular complexity index is 2720. The Kier molecular flexibility index (Phi) is 8.56. The van der Waals surface area contributed by atoms with Crippen molar-refractivity contribution in [1.82, 2.24) is 19.1 Å². The number of hydrogen-bond donors (Lipinski definition) is 0. The molecule has 0 aliphatic heterocycles. The van der Waals surface area contributed by atoms with Gasteiger partial charge in [0.05, 0.1) is 6.20 Å². The van der Waals surface area contributed by atoms with Gasteiger partial charge in [0.15, 0.2) is 6.33 Å². The monoisotopic (exact) mass is 854 g/mol. The van der Waals surface area contributed by atoms with Crippen molar-refractivity contribution < 1.29 is 30.4 Å². The van der Waals surface area contributed by atoms with E-state index in [1.165, 1.54) is 5.56 Å². The molecule has 0 saturated carbocycles. The number of para-hydroxylation sites is 3. The average Bonchev–Trinajstić information content (AvgIpc) is 3.71. The van der Waals surface area contributed by atoms with E-state index in [2.05, 4.69) is 117 Å². The van der Waals surface area contributed by atoms with E-state index in [4.69, 9.17) is 14.7 Å². The molecule has 4 aromatic heterocycles. The number of aromatic nitrogens is 5. The van der Waals surface area contributed by atoms with Crippen molar-refractivity contribution >= 4 is 32.8 Å². The van der Waals surface area contributed by atoms with E-state index in [1.807, 2.05) is 82.2 Å². The van der Waals surface area contributed by atoms with Gasteiger partial charge >= 0.3 is 0 Å². The molecule has 9 aromatic rings. The van der Waals surface area contributed by atoms with Crippen LogP contribution in [0.1, 0.15) is 26.3 Å². The van der Waals surface area contributed by atoms with Crippen LogP contribution in [-0.4, -0.2) is 19.1 Å². The summed E-state index contributed by atoms with van der Waals surface area (Å²) in [5.41, 5.74) is 8.02. The Labute approximate surface area is 316 Å². The SMILES string of the molecule is CC(C)(C)c1ccnc(-n2c3[c-]c(Oc4[c-]c(-n5[c-][n+](-c6ncccc6-c6ccccc6)c6ccccc65)ccc4)ccc3c3ccccc32)c1.[Pt]. The maximum atomic E-state index is 6.50. The molecule has 5 aromatic carbocycles. The zero-order valence-electron chi connectivity index (χ0n) is 28.8. The van der Waals surface area contributed by atoms with Crippen LogP contribution in [0.15, 0.2) is 146 Å². The minimum Gasteiger partial charge on any atom is -0.510 e. The molecule has 256 valence electrons. The molecule has 7 heteroatoms. The number of pyridine rings is 2. The minimum absolute atomic E-state index is 0. The number of hydrogen-bond acceptors (Lipinski definition) is 3. The standard InChI is InChI=1S/C45H33N5O.Pt/c1-45(2,3)32-24-26-46-43(27-32)50-39-19-8-7-17-37(39)38-23-22-35(29-42(38)50)51-34-16-11-15-33(28-34)48-30-49(41-21-10-9-20-40(41)48)44-36(18-12-25-47-44)31-13-5-4-6-14-31;/h4-27H,1-3H3;/q-2;. The van der Waals surface area contributed by atoms with Crippen molar-refractivity contribution in [2.24, 2.45) is 0 Å². The van der Waals surface area contributed by atoms with E-state index in [0.717, 1.165) is 61.3 Å². The quantitative estimate of drug-likeness (QED) is 0.124. The molecule has 4 heterocycles. The van der Waals surface area contributed by atoms with E-state index in [-0.39, 0.29) is 26.5 Å². The molecule has 0 spiro atoms. The van der Waals surface area contributed by atoms with Gasteiger partial charge in [-0.25, -0.2) is 4.98 Å². The van der Waals surface area contributed by atoms with Crippen LogP contribution in [0.3, 0.4) is 0 Å². The smallest absolute Gasteiger partial charge is 0.210 e. The predicted molar refractivity (Wildman–Crippen MR) is 202 cm³/mol. The molecule has 0 fully saturated rings. The van der Waals surface area contributed by atoms with Crippen molar-refractivity contribution in [2.75, 3.05) is 0 Å². The summed E-state index contributed by atoms with van der Waals surface area (Å²) in [5.74, 6) is 2.80. The van der Waals surface area contributed by atoms with Crippen molar-refractivity contribution in [3.63, 3.8) is 0 Å². The van der Waals surface area contributed by atoms with Crippen LogP contribution in [0.5, 0.6) is 11.5 Å². The second kappa shape index (κ2) is 13.4. The van der Waals surface area contributed by atoms with Gasteiger partial charge in [-0.05, 0) is 46.2 Å². The Hall–Kier alpha value is -5.84. The average molecular weight is 855 g/mol. The fourth-order valence-electron chi connectivity index (χ4n) is 6.74. The van der Waals surface area contributed by atoms with Crippen LogP contribution in [-0.2, 0) is 26.5 Å². The van der Waals surface area contributed by atoms with Gasteiger partial charge in [-0.3, -0.25) is 4.57 Å². The molecule has 9 rings (SSSR count). The molecule has 6 nitrogen and oxygen atoms in total. The van der Waals surface area contributed by atoms with Crippen molar-refractivity contribution in [3.05, 3.63) is 170 Å². The summed E-state index contributed by atoms with van der Waals surface area (Å²) in [7, 11) is 0. The first kappa shape index (κ1) is 33.3. The summed E-state index contributed by atoms with van der Waals surface area (Å²) in [6.07, 6.45) is 7.28. The van der Waals surface area contributed by atoms with Crippen LogP contribution in [0.25, 0.3) is 61.3 Å². The van der Waals surface area contributed by atoms with Crippen LogP contribution < -0.4 is 9.30 Å². The fourth-order valence-corrected chi connectivity index (χ4v) is 6.74. The first-order chi connectivity index (χ1) is 24.9. The molecule has 0 aliphatic carbocycles. The van der Waals surface area contributed by atoms with Gasteiger partial charge < -0.3 is 13.9 Å². The first-order valence-electron chi connectivity index (χ1n) is 17.0. The van der Waals surface area contributed by atoms with Crippen LogP contribution in [0.2, 0.25) is 0 Å². The normalized spacial score (nSPS) is 11.6. The molecule has 0 radical (unpaired) electrons. The summed E-state index contributed by atoms with van der Waals surface area (Å²) in [6.45, 7) is 6.65. The van der Waals surface area contributed by atoms with Gasteiger partial charge in [-0.2, -0.15) is 18.2 Å². The molecule has 0 bridgehead atoms. The Morgan fingerprint density at radius 3 is 2.27 bits per heavy atom. The minimum atomic E-state index is -0.0151. The molecule has 0 aliphatic rings. The van der Waals surface area contributed by atoms with Gasteiger partial charge in [0.1, 0.15) is 5.82 Å². The van der Waals surface area contributed by atoms with E-state index in [0.29, 0.717) is 11.5 Å². The Morgan fingerprint density at radius 1 is 0.654 bits per heavy atom. The molecule has 0 unspecified atom stereocenters. The Morgan fingerprint density at radius 2 is 1.42 bits per heavy atom. The fraction of sp³-hybridized carbons (Fsp3) is 0.0889. The van der Waals surface area contributed by atoms with E-state index >= 15 is 0 Å². The molecule has 0 saturated heterocycles. The maximum absolute atomic E-state index is 6.50. The summed E-state index contributed by atoms with van der Waals surface area (Å²) < 4.78 is 12.7. The molecular weight excluding hydrogens is 822 g/mol. The zero-order chi connectivity index (χ0) is 34.5. The van der Waals surface area contributed by atoms with Gasteiger partial charge in [0.25, 0.3) is 0 Å². The summed E-state index contributed by atoms with van der Waals surface area (Å²) in [4.78, 5) is 9.62. The Balaban J connectivity index is 0.00000387. The van der Waals surface area contributed by atoms with Gasteiger partial charge in [0.2, 0.25) is 5.82 Å². The summed E-state index contributed by atoms with van der Waals surface area (Å²) in [6, 6.07) is 52.3. The van der Waals surface area contributed by atoms with Crippen molar-refractivity contribution in [3.8, 4) is 39.9 Å². The first-order valence-corrected chi connectivity index (χ1v) is 17.0. The van der Waals surface area contributed by atoms with E-state index in [1.54, 1.807) is 0 Å². The van der Waals surface area contributed by atoms with Crippen LogP contribution in [0.4, 0.5) is 0 Å². The third-order valence-corrected chi connectivity index (χ3v) is 9.26. The van der Waals surface area contributed by atoms with E-state index in [9.17, 15) is 0 Å². The zero-order valence-corrected chi connectivity index (χ0v) is 31.1. The maximum Gasteiger partial charge on any atom is 0.210 e.